The highest BCUT2D eigenvalue weighted by atomic mass is 35.5. The van der Waals surface area contributed by atoms with Crippen LogP contribution in [0.25, 0.3) is 0 Å². The molecule has 0 bridgehead atoms. The molecule has 1 aromatic carbocycles. The number of nitrogens with zero attached hydrogens (tertiary/aromatic N) is 4. The minimum absolute atomic E-state index is 0.0632. The summed E-state index contributed by atoms with van der Waals surface area (Å²) in [6, 6.07) is 6.89. The summed E-state index contributed by atoms with van der Waals surface area (Å²) >= 11 is 5.84. The zero-order valence-electron chi connectivity index (χ0n) is 14.3. The van der Waals surface area contributed by atoms with Gasteiger partial charge in [-0.2, -0.15) is 10.1 Å². The average molecular weight is 376 g/mol. The van der Waals surface area contributed by atoms with Crippen molar-refractivity contribution < 1.29 is 9.63 Å². The van der Waals surface area contributed by atoms with Crippen LogP contribution in [0.15, 0.2) is 39.8 Å². The van der Waals surface area contributed by atoms with Crippen molar-refractivity contribution in [1.82, 2.24) is 19.9 Å². The maximum absolute atomic E-state index is 12.3. The van der Waals surface area contributed by atoms with Gasteiger partial charge in [0.15, 0.2) is 5.82 Å². The molecule has 0 saturated heterocycles. The summed E-state index contributed by atoms with van der Waals surface area (Å²) in [5, 5.41) is 21.7. The molecule has 3 rings (SSSR count). The monoisotopic (exact) mass is 375 g/mol. The second-order valence-corrected chi connectivity index (χ2v) is 6.21. The lowest BCUT2D eigenvalue weighted by molar-refractivity contribution is 0.174. The molecule has 0 radical (unpaired) electrons. The van der Waals surface area contributed by atoms with Gasteiger partial charge in [0.25, 0.3) is 5.56 Å². The third kappa shape index (κ3) is 3.92. The van der Waals surface area contributed by atoms with E-state index in [9.17, 15) is 9.90 Å². The summed E-state index contributed by atoms with van der Waals surface area (Å²) in [6.45, 7) is 1.78. The molecule has 2 heterocycles. The van der Waals surface area contributed by atoms with E-state index in [2.05, 4.69) is 20.6 Å². The predicted octanol–water partition coefficient (Wildman–Crippen LogP) is 1.95. The molecule has 2 aromatic heterocycles. The van der Waals surface area contributed by atoms with E-state index in [-0.39, 0.29) is 24.4 Å². The fourth-order valence-corrected chi connectivity index (χ4v) is 2.62. The van der Waals surface area contributed by atoms with Gasteiger partial charge in [0.1, 0.15) is 6.54 Å². The molecule has 0 aliphatic rings. The van der Waals surface area contributed by atoms with E-state index < -0.39 is 6.10 Å². The Labute approximate surface area is 154 Å². The molecule has 0 fully saturated rings. The zero-order chi connectivity index (χ0) is 18.7. The Morgan fingerprint density at radius 2 is 2.08 bits per heavy atom. The van der Waals surface area contributed by atoms with Gasteiger partial charge >= 0.3 is 0 Å². The molecule has 0 saturated carbocycles. The fourth-order valence-electron chi connectivity index (χ4n) is 2.49. The number of rotatable bonds is 6. The molecule has 0 spiro atoms. The quantitative estimate of drug-likeness (QED) is 0.678. The number of hydrogen-bond acceptors (Lipinski definition) is 7. The van der Waals surface area contributed by atoms with Gasteiger partial charge in [-0.3, -0.25) is 4.79 Å². The summed E-state index contributed by atoms with van der Waals surface area (Å²) in [6.07, 6.45) is 0.972. The largest absolute Gasteiger partial charge is 0.388 e. The summed E-state index contributed by atoms with van der Waals surface area (Å²) in [4.78, 5) is 16.5. The summed E-state index contributed by atoms with van der Waals surface area (Å²) in [7, 11) is 1.73. The first-order chi connectivity index (χ1) is 12.5. The highest BCUT2D eigenvalue weighted by molar-refractivity contribution is 6.30. The molecule has 26 heavy (non-hydrogen) atoms. The first kappa shape index (κ1) is 18.1. The molecule has 0 unspecified atom stereocenters. The van der Waals surface area contributed by atoms with E-state index in [0.29, 0.717) is 27.7 Å². The number of halogens is 1. The Balaban J connectivity index is 1.71. The van der Waals surface area contributed by atoms with Gasteiger partial charge in [0, 0.05) is 24.1 Å². The van der Waals surface area contributed by atoms with Crippen LogP contribution in [0.5, 0.6) is 0 Å². The molecular formula is C17H18ClN5O3. The molecule has 9 heteroatoms. The predicted molar refractivity (Wildman–Crippen MR) is 96.3 cm³/mol. The number of anilines is 1. The molecule has 136 valence electrons. The lowest BCUT2D eigenvalue weighted by atomic mass is 10.1. The lowest BCUT2D eigenvalue weighted by Crippen LogP contribution is -2.26. The summed E-state index contributed by atoms with van der Waals surface area (Å²) in [5.74, 6) is 0.591. The molecule has 0 aliphatic carbocycles. The Morgan fingerprint density at radius 3 is 2.77 bits per heavy atom. The Kier molecular flexibility index (Phi) is 5.34. The van der Waals surface area contributed by atoms with Gasteiger partial charge in [-0.15, -0.1) is 0 Å². The Hall–Kier alpha value is -2.71. The van der Waals surface area contributed by atoms with Gasteiger partial charge < -0.3 is 14.9 Å². The molecule has 0 aliphatic heterocycles. The van der Waals surface area contributed by atoms with Crippen LogP contribution >= 0.6 is 11.6 Å². The van der Waals surface area contributed by atoms with Crippen molar-refractivity contribution in [3.05, 3.63) is 68.7 Å². The van der Waals surface area contributed by atoms with Crippen LogP contribution in [-0.4, -0.2) is 32.1 Å². The topological polar surface area (TPSA) is 106 Å². The van der Waals surface area contributed by atoms with Crippen molar-refractivity contribution >= 4 is 17.3 Å². The number of aliphatic hydroxyl groups is 1. The maximum Gasteiger partial charge on any atom is 0.272 e. The minimum atomic E-state index is -0.782. The Bertz CT molecular complexity index is 952. The van der Waals surface area contributed by atoms with Crippen LogP contribution in [-0.2, 0) is 13.0 Å². The second kappa shape index (κ2) is 7.67. The SMILES string of the molecule is CNc1cnn(Cc2nc(C[C@H](O)c3ccc(Cl)cc3)no2)c(=O)c1C. The van der Waals surface area contributed by atoms with Crippen LogP contribution in [0.3, 0.4) is 0 Å². The number of hydrogen-bond donors (Lipinski definition) is 2. The normalized spacial score (nSPS) is 12.2. The van der Waals surface area contributed by atoms with Gasteiger partial charge in [-0.05, 0) is 24.6 Å². The average Bonchev–Trinajstić information content (AvgIpc) is 3.06. The van der Waals surface area contributed by atoms with E-state index >= 15 is 0 Å². The standard InChI is InChI=1S/C17H18ClN5O3/c1-10-13(19-2)8-20-23(17(10)25)9-16-21-15(22-26-16)7-14(24)11-3-5-12(18)6-4-11/h3-6,8,14,19,24H,7,9H2,1-2H3/t14-/m0/s1. The maximum atomic E-state index is 12.3. The van der Waals surface area contributed by atoms with E-state index in [1.165, 1.54) is 4.68 Å². The van der Waals surface area contributed by atoms with Crippen molar-refractivity contribution in [3.8, 4) is 0 Å². The van der Waals surface area contributed by atoms with Gasteiger partial charge in [-0.1, -0.05) is 28.9 Å². The molecule has 3 aromatic rings. The Morgan fingerprint density at radius 1 is 1.35 bits per heavy atom. The van der Waals surface area contributed by atoms with E-state index in [4.69, 9.17) is 16.1 Å². The van der Waals surface area contributed by atoms with E-state index in [1.807, 2.05) is 0 Å². The highest BCUT2D eigenvalue weighted by Crippen LogP contribution is 2.19. The van der Waals surface area contributed by atoms with Gasteiger partial charge in [0.2, 0.25) is 5.89 Å². The summed E-state index contributed by atoms with van der Waals surface area (Å²) < 4.78 is 6.42. The fraction of sp³-hybridized carbons (Fsp3) is 0.294. The molecular weight excluding hydrogens is 358 g/mol. The first-order valence-corrected chi connectivity index (χ1v) is 8.35. The summed E-state index contributed by atoms with van der Waals surface area (Å²) in [5.41, 5.74) is 1.69. The second-order valence-electron chi connectivity index (χ2n) is 5.77. The van der Waals surface area contributed by atoms with Crippen LogP contribution in [0.4, 0.5) is 5.69 Å². The smallest absolute Gasteiger partial charge is 0.272 e. The number of aromatic nitrogens is 4. The van der Waals surface area contributed by atoms with Crippen LogP contribution in [0.2, 0.25) is 5.02 Å². The minimum Gasteiger partial charge on any atom is -0.388 e. The molecule has 1 atom stereocenters. The molecule has 8 nitrogen and oxygen atoms in total. The zero-order valence-corrected chi connectivity index (χ0v) is 15.1. The van der Waals surface area contributed by atoms with Crippen LogP contribution in [0.1, 0.15) is 28.9 Å². The van der Waals surface area contributed by atoms with E-state index in [1.54, 1.807) is 44.4 Å². The molecule has 2 N–H and O–H groups in total. The molecule has 0 amide bonds. The lowest BCUT2D eigenvalue weighted by Gasteiger charge is -2.08. The number of nitrogens with one attached hydrogen (secondary N) is 1. The third-order valence-corrected chi connectivity index (χ3v) is 4.23. The van der Waals surface area contributed by atoms with Crippen molar-refractivity contribution in [2.75, 3.05) is 12.4 Å². The van der Waals surface area contributed by atoms with Gasteiger partial charge in [-0.25, -0.2) is 4.68 Å². The van der Waals surface area contributed by atoms with Crippen molar-refractivity contribution in [3.63, 3.8) is 0 Å². The highest BCUT2D eigenvalue weighted by Gasteiger charge is 2.15. The van der Waals surface area contributed by atoms with Gasteiger partial charge in [0.05, 0.1) is 18.0 Å². The first-order valence-electron chi connectivity index (χ1n) is 7.97. The van der Waals surface area contributed by atoms with Crippen LogP contribution < -0.4 is 10.9 Å². The van der Waals surface area contributed by atoms with Crippen LogP contribution in [0, 0.1) is 6.92 Å². The van der Waals surface area contributed by atoms with Crippen molar-refractivity contribution in [2.45, 2.75) is 26.0 Å². The van der Waals surface area contributed by atoms with Crippen molar-refractivity contribution in [2.24, 2.45) is 0 Å². The number of aliphatic hydroxyl groups excluding tert-OH is 1. The van der Waals surface area contributed by atoms with Crippen molar-refractivity contribution in [1.29, 1.82) is 0 Å². The third-order valence-electron chi connectivity index (χ3n) is 3.98. The van der Waals surface area contributed by atoms with E-state index in [0.717, 1.165) is 0 Å². The number of benzene rings is 1.